The molecule has 0 spiro atoms. The van der Waals surface area contributed by atoms with Crippen molar-refractivity contribution in [3.8, 4) is 0 Å². The molecule has 0 aromatic rings. The zero-order valence-electron chi connectivity index (χ0n) is 18.9. The van der Waals surface area contributed by atoms with Gasteiger partial charge in [-0.3, -0.25) is 19.5 Å². The van der Waals surface area contributed by atoms with Crippen LogP contribution in [0.1, 0.15) is 20.3 Å². The lowest BCUT2D eigenvalue weighted by Gasteiger charge is -2.37. The van der Waals surface area contributed by atoms with Crippen LogP contribution in [0.15, 0.2) is 0 Å². The number of nitrogens with zero attached hydrogens (tertiary/aromatic N) is 5. The molecule has 0 bridgehead atoms. The minimum Gasteiger partial charge on any atom is -0.468 e. The van der Waals surface area contributed by atoms with Crippen molar-refractivity contribution >= 4 is 12.1 Å². The van der Waals surface area contributed by atoms with Gasteiger partial charge in [-0.05, 0) is 26.8 Å². The first-order valence-corrected chi connectivity index (χ1v) is 11.4. The van der Waals surface area contributed by atoms with Crippen molar-refractivity contribution < 1.29 is 19.1 Å². The molecular formula is C21H39N5O4. The lowest BCUT2D eigenvalue weighted by molar-refractivity contribution is -0.142. The fourth-order valence-corrected chi connectivity index (χ4v) is 4.51. The van der Waals surface area contributed by atoms with E-state index in [4.69, 9.17) is 9.47 Å². The number of piperazine rings is 2. The first kappa shape index (κ1) is 23.2. The van der Waals surface area contributed by atoms with Gasteiger partial charge in [-0.25, -0.2) is 4.79 Å². The molecule has 3 aliphatic rings. The van der Waals surface area contributed by atoms with E-state index in [0.717, 1.165) is 78.4 Å². The molecule has 0 radical (unpaired) electrons. The van der Waals surface area contributed by atoms with Crippen LogP contribution in [0.5, 0.6) is 0 Å². The minimum atomic E-state index is -0.189. The van der Waals surface area contributed by atoms with E-state index in [2.05, 4.69) is 33.4 Å². The zero-order valence-corrected chi connectivity index (χ0v) is 18.9. The highest BCUT2D eigenvalue weighted by molar-refractivity contribution is 5.71. The summed E-state index contributed by atoms with van der Waals surface area (Å²) in [7, 11) is 1.42. The largest absolute Gasteiger partial charge is 0.468 e. The third-order valence-corrected chi connectivity index (χ3v) is 6.50. The average Bonchev–Trinajstić information content (AvgIpc) is 3.08. The van der Waals surface area contributed by atoms with E-state index in [0.29, 0.717) is 19.1 Å². The Kier molecular flexibility index (Phi) is 8.73. The summed E-state index contributed by atoms with van der Waals surface area (Å²) in [5.41, 5.74) is 0. The number of cyclic esters (lactones) is 1. The molecule has 0 aliphatic carbocycles. The predicted molar refractivity (Wildman–Crippen MR) is 115 cm³/mol. The number of ether oxygens (including phenoxy) is 2. The highest BCUT2D eigenvalue weighted by Gasteiger charge is 2.33. The van der Waals surface area contributed by atoms with Crippen molar-refractivity contribution in [1.82, 2.24) is 24.5 Å². The molecule has 3 heterocycles. The molecule has 3 rings (SSSR count). The normalized spacial score (nSPS) is 25.1. The second kappa shape index (κ2) is 11.3. The molecule has 30 heavy (non-hydrogen) atoms. The Morgan fingerprint density at radius 1 is 1.00 bits per heavy atom. The lowest BCUT2D eigenvalue weighted by Crippen LogP contribution is -2.50. The monoisotopic (exact) mass is 425 g/mol. The van der Waals surface area contributed by atoms with E-state index in [1.165, 1.54) is 7.11 Å². The molecule has 1 amide bonds. The van der Waals surface area contributed by atoms with E-state index >= 15 is 0 Å². The van der Waals surface area contributed by atoms with Gasteiger partial charge >= 0.3 is 12.1 Å². The lowest BCUT2D eigenvalue weighted by atomic mass is 10.2. The highest BCUT2D eigenvalue weighted by atomic mass is 16.6. The number of carbonyl (C=O) groups excluding carboxylic acids is 2. The van der Waals surface area contributed by atoms with Crippen molar-refractivity contribution in [3.63, 3.8) is 0 Å². The SMILES string of the molecule is COC(=O)CN1CCN(CC2CN(CCCN3CCN(C(C)C)CC3)C(=O)O2)CC1. The number of methoxy groups -OCH3 is 1. The molecule has 0 N–H and O–H groups in total. The fraction of sp³-hybridized carbons (Fsp3) is 0.905. The molecule has 3 aliphatic heterocycles. The summed E-state index contributed by atoms with van der Waals surface area (Å²) in [5, 5.41) is 0. The first-order valence-electron chi connectivity index (χ1n) is 11.4. The fourth-order valence-electron chi connectivity index (χ4n) is 4.51. The van der Waals surface area contributed by atoms with Crippen LogP contribution in [-0.4, -0.2) is 141 Å². The number of rotatable bonds is 9. The van der Waals surface area contributed by atoms with Gasteiger partial charge < -0.3 is 19.3 Å². The summed E-state index contributed by atoms with van der Waals surface area (Å²) < 4.78 is 10.3. The van der Waals surface area contributed by atoms with Gasteiger partial charge in [-0.1, -0.05) is 0 Å². The minimum absolute atomic E-state index is 0.0563. The number of hydrogen-bond acceptors (Lipinski definition) is 8. The molecular weight excluding hydrogens is 386 g/mol. The summed E-state index contributed by atoms with van der Waals surface area (Å²) in [5.74, 6) is -0.189. The van der Waals surface area contributed by atoms with E-state index < -0.39 is 0 Å². The van der Waals surface area contributed by atoms with Gasteiger partial charge in [0.15, 0.2) is 0 Å². The van der Waals surface area contributed by atoms with Gasteiger partial charge in [0, 0.05) is 71.5 Å². The van der Waals surface area contributed by atoms with Crippen molar-refractivity contribution in [3.05, 3.63) is 0 Å². The topological polar surface area (TPSA) is 68.8 Å². The van der Waals surface area contributed by atoms with Crippen LogP contribution < -0.4 is 0 Å². The molecule has 9 heteroatoms. The van der Waals surface area contributed by atoms with Gasteiger partial charge in [-0.2, -0.15) is 0 Å². The summed E-state index contributed by atoms with van der Waals surface area (Å²) >= 11 is 0. The molecule has 1 unspecified atom stereocenters. The molecule has 172 valence electrons. The summed E-state index contributed by atoms with van der Waals surface area (Å²) in [4.78, 5) is 35.0. The molecule has 0 aromatic carbocycles. The molecule has 0 saturated carbocycles. The maximum Gasteiger partial charge on any atom is 0.410 e. The Hall–Kier alpha value is -1.42. The van der Waals surface area contributed by atoms with E-state index in [-0.39, 0.29) is 18.2 Å². The van der Waals surface area contributed by atoms with E-state index in [1.54, 1.807) is 0 Å². The summed E-state index contributed by atoms with van der Waals surface area (Å²) in [6.45, 7) is 16.1. The average molecular weight is 426 g/mol. The Morgan fingerprint density at radius 3 is 2.27 bits per heavy atom. The van der Waals surface area contributed by atoms with Crippen LogP contribution in [0.25, 0.3) is 0 Å². The Balaban J connectivity index is 1.30. The van der Waals surface area contributed by atoms with Crippen molar-refractivity contribution in [2.24, 2.45) is 0 Å². The van der Waals surface area contributed by atoms with Gasteiger partial charge in [0.1, 0.15) is 6.10 Å². The second-order valence-corrected chi connectivity index (χ2v) is 8.93. The number of esters is 1. The molecule has 1 atom stereocenters. The zero-order chi connectivity index (χ0) is 21.5. The highest BCUT2D eigenvalue weighted by Crippen LogP contribution is 2.15. The Bertz CT molecular complexity index is 560. The first-order chi connectivity index (χ1) is 14.4. The standard InChI is InChI=1S/C21H39N5O4/c1-18(2)25-13-11-22(12-14-25)5-4-6-26-16-19(30-21(26)28)15-23-7-9-24(10-8-23)17-20(27)29-3/h18-19H,4-17H2,1-3H3. The third-order valence-electron chi connectivity index (χ3n) is 6.50. The maximum atomic E-state index is 12.2. The van der Waals surface area contributed by atoms with Crippen LogP contribution in [0.4, 0.5) is 4.79 Å². The Morgan fingerprint density at radius 2 is 1.63 bits per heavy atom. The number of carbonyl (C=O) groups is 2. The van der Waals surface area contributed by atoms with E-state index in [9.17, 15) is 9.59 Å². The molecule has 0 aromatic heterocycles. The van der Waals surface area contributed by atoms with Gasteiger partial charge in [-0.15, -0.1) is 0 Å². The summed E-state index contributed by atoms with van der Waals surface area (Å²) in [6.07, 6.45) is 0.767. The van der Waals surface area contributed by atoms with Crippen molar-refractivity contribution in [1.29, 1.82) is 0 Å². The van der Waals surface area contributed by atoms with Crippen molar-refractivity contribution in [2.75, 3.05) is 92.2 Å². The Labute approximate surface area is 180 Å². The quantitative estimate of drug-likeness (QED) is 0.479. The van der Waals surface area contributed by atoms with Crippen molar-refractivity contribution in [2.45, 2.75) is 32.4 Å². The summed E-state index contributed by atoms with van der Waals surface area (Å²) in [6, 6.07) is 0.624. The van der Waals surface area contributed by atoms with Crippen LogP contribution in [0.3, 0.4) is 0 Å². The molecule has 3 saturated heterocycles. The third kappa shape index (κ3) is 6.80. The van der Waals surface area contributed by atoms with Crippen LogP contribution in [0, 0.1) is 0 Å². The van der Waals surface area contributed by atoms with Gasteiger partial charge in [0.05, 0.1) is 20.2 Å². The molecule has 3 fully saturated rings. The van der Waals surface area contributed by atoms with Gasteiger partial charge in [0.2, 0.25) is 0 Å². The second-order valence-electron chi connectivity index (χ2n) is 8.93. The number of hydrogen-bond donors (Lipinski definition) is 0. The van der Waals surface area contributed by atoms with Crippen LogP contribution >= 0.6 is 0 Å². The predicted octanol–water partition coefficient (Wildman–Crippen LogP) is 0.0139. The molecule has 9 nitrogen and oxygen atoms in total. The van der Waals surface area contributed by atoms with E-state index in [1.807, 2.05) is 4.90 Å². The van der Waals surface area contributed by atoms with Crippen LogP contribution in [0.2, 0.25) is 0 Å². The van der Waals surface area contributed by atoms with Gasteiger partial charge in [0.25, 0.3) is 0 Å². The van der Waals surface area contributed by atoms with Crippen LogP contribution in [-0.2, 0) is 14.3 Å². The smallest absolute Gasteiger partial charge is 0.410 e. The number of amides is 1. The maximum absolute atomic E-state index is 12.2.